The van der Waals surface area contributed by atoms with Crippen molar-refractivity contribution in [3.63, 3.8) is 0 Å². The van der Waals surface area contributed by atoms with E-state index in [2.05, 4.69) is 25.9 Å². The Morgan fingerprint density at radius 2 is 1.27 bits per heavy atom. The lowest BCUT2D eigenvalue weighted by Crippen LogP contribution is -2.55. The van der Waals surface area contributed by atoms with E-state index >= 15 is 0 Å². The first-order chi connectivity index (χ1) is 36.1. The highest BCUT2D eigenvalue weighted by atomic mass is 19.1. The molecule has 1 aliphatic rings. The molecule has 2 aromatic heterocycles. The summed E-state index contributed by atoms with van der Waals surface area (Å²) in [6.45, 7) is 0.465. The van der Waals surface area contributed by atoms with E-state index in [1.165, 1.54) is 36.4 Å². The second kappa shape index (κ2) is 26.3. The summed E-state index contributed by atoms with van der Waals surface area (Å²) in [6, 6.07) is 45.7. The van der Waals surface area contributed by atoms with E-state index < -0.39 is 41.7 Å². The topological polar surface area (TPSA) is 184 Å². The smallest absolute Gasteiger partial charge is 0.250 e. The number of anilines is 3. The van der Waals surface area contributed by atoms with Gasteiger partial charge in [-0.15, -0.1) is 0 Å². The molecule has 6 atom stereocenters. The van der Waals surface area contributed by atoms with Gasteiger partial charge in [-0.1, -0.05) is 97.1 Å². The Kier molecular flexibility index (Phi) is 18.7. The van der Waals surface area contributed by atoms with Crippen molar-refractivity contribution in [2.75, 3.05) is 55.2 Å². The average Bonchev–Trinajstić information content (AvgIpc) is 3.43. The second-order valence-electron chi connectivity index (χ2n) is 17.7. The van der Waals surface area contributed by atoms with Crippen LogP contribution in [0.5, 0.6) is 0 Å². The molecule has 74 heavy (non-hydrogen) atoms. The predicted octanol–water partition coefficient (Wildman–Crippen LogP) is 8.95. The maximum Gasteiger partial charge on any atom is 0.250 e. The minimum absolute atomic E-state index is 0.131. The van der Waals surface area contributed by atoms with Gasteiger partial charge in [-0.05, 0) is 107 Å². The lowest BCUT2D eigenvalue weighted by Gasteiger charge is -2.48. The Bertz CT molecular complexity index is 2870. The van der Waals surface area contributed by atoms with Gasteiger partial charge in [0.1, 0.15) is 30.7 Å². The van der Waals surface area contributed by atoms with Gasteiger partial charge in [0.05, 0.1) is 62.6 Å². The second-order valence-corrected chi connectivity index (χ2v) is 17.7. The van der Waals surface area contributed by atoms with Crippen molar-refractivity contribution >= 4 is 34.9 Å². The van der Waals surface area contributed by atoms with Crippen molar-refractivity contribution < 1.29 is 47.6 Å². The largest absolute Gasteiger partial charge is 0.388 e. The molecule has 7 aromatic rings. The summed E-state index contributed by atoms with van der Waals surface area (Å²) in [7, 11) is 0. The average molecular weight is 1010 g/mol. The quantitative estimate of drug-likeness (QED) is 0.0258. The van der Waals surface area contributed by atoms with Crippen LogP contribution in [0.1, 0.15) is 76.6 Å². The number of amides is 3. The number of β-lactam (4-membered cyclic amide) rings is 1. The molecule has 5 aromatic carbocycles. The SMILES string of the molecule is O=C(COCCOCCOCC(=O)Nc1ccccc1C(Nc1ccccn1)C(c1ccccn1)C(O)c1ccccc1)NCc1ccc(C2C(CCC(O)c3ccc(F)cc3)C(=O)N2c2ccc(F)cc2)cc1. The first-order valence-electron chi connectivity index (χ1n) is 24.4. The van der Waals surface area contributed by atoms with E-state index in [0.29, 0.717) is 46.0 Å². The fraction of sp³-hybridized carbons (Fsp3) is 0.259. The third kappa shape index (κ3) is 14.1. The Labute approximate surface area is 428 Å². The van der Waals surface area contributed by atoms with Crippen molar-refractivity contribution in [3.8, 4) is 0 Å². The van der Waals surface area contributed by atoms with Crippen LogP contribution >= 0.6 is 0 Å². The van der Waals surface area contributed by atoms with Crippen molar-refractivity contribution in [1.29, 1.82) is 0 Å². The molecule has 16 heteroatoms. The monoisotopic (exact) mass is 1000 g/mol. The Morgan fingerprint density at radius 1 is 0.649 bits per heavy atom. The van der Waals surface area contributed by atoms with Crippen LogP contribution in [0, 0.1) is 17.6 Å². The number of benzene rings is 5. The highest BCUT2D eigenvalue weighted by molar-refractivity contribution is 6.03. The van der Waals surface area contributed by atoms with Crippen molar-refractivity contribution in [3.05, 3.63) is 221 Å². The molecule has 1 aliphatic heterocycles. The standard InChI is InChI=1S/C58H58F2N6O8/c59-43-22-20-40(21-23-43)50(67)29-28-47-56(66(58(47)71)45-26-24-44(60)25-27-45)41-18-16-39(17-19-41)36-63-52(68)37-73-34-32-72-33-35-74-38-53(69)64-48-13-5-4-12-46(48)55(65-51-15-7-9-31-62-51)54(49-14-6-8-30-61-49)57(70)42-10-2-1-3-11-42/h1-27,30-31,47,50,54-57,67,70H,28-29,32-38H2,(H,62,65)(H,63,68)(H,64,69). The Morgan fingerprint density at radius 3 is 1.95 bits per heavy atom. The molecule has 3 amide bonds. The van der Waals surface area contributed by atoms with Crippen LogP contribution in [0.15, 0.2) is 176 Å². The lowest BCUT2D eigenvalue weighted by molar-refractivity contribution is -0.131. The van der Waals surface area contributed by atoms with Gasteiger partial charge in [-0.25, -0.2) is 13.8 Å². The minimum atomic E-state index is -0.984. The van der Waals surface area contributed by atoms with Crippen LogP contribution in [0.4, 0.5) is 26.0 Å². The summed E-state index contributed by atoms with van der Waals surface area (Å²) in [5.41, 5.74) is 5.35. The van der Waals surface area contributed by atoms with Crippen molar-refractivity contribution in [2.24, 2.45) is 5.92 Å². The number of carbonyl (C=O) groups is 3. The van der Waals surface area contributed by atoms with E-state index in [0.717, 1.165) is 11.1 Å². The zero-order valence-electron chi connectivity index (χ0n) is 40.5. The maximum absolute atomic E-state index is 13.8. The predicted molar refractivity (Wildman–Crippen MR) is 276 cm³/mol. The van der Waals surface area contributed by atoms with E-state index in [1.54, 1.807) is 35.5 Å². The number of para-hydroxylation sites is 1. The van der Waals surface area contributed by atoms with Crippen LogP contribution in [-0.2, 0) is 35.1 Å². The summed E-state index contributed by atoms with van der Waals surface area (Å²) in [5.74, 6) is -2.16. The number of hydrogen-bond donors (Lipinski definition) is 5. The van der Waals surface area contributed by atoms with Gasteiger partial charge in [0.2, 0.25) is 17.7 Å². The van der Waals surface area contributed by atoms with E-state index in [-0.39, 0.29) is 76.4 Å². The summed E-state index contributed by atoms with van der Waals surface area (Å²) >= 11 is 0. The minimum Gasteiger partial charge on any atom is -0.388 e. The molecule has 0 bridgehead atoms. The number of hydrogen-bond acceptors (Lipinski definition) is 11. The van der Waals surface area contributed by atoms with Crippen molar-refractivity contribution in [1.82, 2.24) is 15.3 Å². The molecule has 0 spiro atoms. The number of aliphatic hydroxyl groups excluding tert-OH is 2. The number of pyridine rings is 2. The zero-order chi connectivity index (χ0) is 51.7. The van der Waals surface area contributed by atoms with Gasteiger partial charge in [0.15, 0.2) is 0 Å². The third-order valence-electron chi connectivity index (χ3n) is 12.8. The summed E-state index contributed by atoms with van der Waals surface area (Å²) in [6.07, 6.45) is 2.16. The number of aliphatic hydroxyl groups is 2. The Hall–Kier alpha value is -7.73. The first kappa shape index (κ1) is 52.6. The van der Waals surface area contributed by atoms with Gasteiger partial charge in [-0.3, -0.25) is 19.4 Å². The number of ether oxygens (including phenoxy) is 3. The van der Waals surface area contributed by atoms with E-state index in [9.17, 15) is 33.4 Å². The molecule has 0 radical (unpaired) electrons. The molecule has 8 rings (SSSR count). The number of carbonyl (C=O) groups excluding carboxylic acids is 3. The van der Waals surface area contributed by atoms with Gasteiger partial charge in [0.25, 0.3) is 0 Å². The molecule has 382 valence electrons. The fourth-order valence-corrected chi connectivity index (χ4v) is 9.02. The number of halogens is 2. The molecule has 6 unspecified atom stereocenters. The van der Waals surface area contributed by atoms with Crippen LogP contribution in [-0.4, -0.2) is 77.5 Å². The van der Waals surface area contributed by atoms with Crippen molar-refractivity contribution in [2.45, 2.75) is 49.6 Å². The van der Waals surface area contributed by atoms with Gasteiger partial charge in [-0.2, -0.15) is 0 Å². The zero-order valence-corrected chi connectivity index (χ0v) is 40.5. The molecule has 0 saturated carbocycles. The van der Waals surface area contributed by atoms with E-state index in [4.69, 9.17) is 14.2 Å². The van der Waals surface area contributed by atoms with Gasteiger partial charge in [0, 0.05) is 36.0 Å². The summed E-state index contributed by atoms with van der Waals surface area (Å²) in [5, 5.41) is 32.1. The molecule has 1 fully saturated rings. The maximum atomic E-state index is 13.8. The number of nitrogens with one attached hydrogen (secondary N) is 3. The number of aromatic nitrogens is 2. The number of rotatable bonds is 26. The molecule has 14 nitrogen and oxygen atoms in total. The van der Waals surface area contributed by atoms with Gasteiger partial charge < -0.3 is 45.3 Å². The fourth-order valence-electron chi connectivity index (χ4n) is 9.02. The number of nitrogens with zero attached hydrogens (tertiary/aromatic N) is 3. The molecule has 5 N–H and O–H groups in total. The molecule has 3 heterocycles. The van der Waals surface area contributed by atoms with Crippen LogP contribution in [0.2, 0.25) is 0 Å². The van der Waals surface area contributed by atoms with Gasteiger partial charge >= 0.3 is 0 Å². The van der Waals surface area contributed by atoms with Crippen LogP contribution < -0.4 is 20.9 Å². The van der Waals surface area contributed by atoms with Crippen LogP contribution in [0.25, 0.3) is 0 Å². The molecular formula is C58H58F2N6O8. The first-order valence-corrected chi connectivity index (χ1v) is 24.4. The summed E-state index contributed by atoms with van der Waals surface area (Å²) in [4.78, 5) is 50.2. The molecule has 0 aliphatic carbocycles. The van der Waals surface area contributed by atoms with Crippen LogP contribution in [0.3, 0.4) is 0 Å². The summed E-state index contributed by atoms with van der Waals surface area (Å²) < 4.78 is 44.0. The lowest BCUT2D eigenvalue weighted by atomic mass is 9.78. The normalized spacial score (nSPS) is 15.8. The molecular weight excluding hydrogens is 947 g/mol. The highest BCUT2D eigenvalue weighted by Crippen LogP contribution is 2.47. The third-order valence-corrected chi connectivity index (χ3v) is 12.8. The highest BCUT2D eigenvalue weighted by Gasteiger charge is 2.48. The van der Waals surface area contributed by atoms with E-state index in [1.807, 2.05) is 109 Å². The molecule has 1 saturated heterocycles. The Balaban J connectivity index is 0.763.